The van der Waals surface area contributed by atoms with Crippen molar-refractivity contribution in [3.8, 4) is 6.26 Å². The van der Waals surface area contributed by atoms with Gasteiger partial charge in [-0.05, 0) is 26.7 Å². The van der Waals surface area contributed by atoms with Gasteiger partial charge in [-0.2, -0.15) is 5.26 Å². The maximum Gasteiger partial charge on any atom is 0.351 e. The Morgan fingerprint density at radius 2 is 1.93 bits per heavy atom. The zero-order valence-electron chi connectivity index (χ0n) is 9.16. The van der Waals surface area contributed by atoms with E-state index in [1.165, 1.54) is 0 Å². The maximum atomic E-state index is 11.6. The van der Waals surface area contributed by atoms with E-state index in [1.54, 1.807) is 34.0 Å². The highest BCUT2D eigenvalue weighted by atomic mass is 16.6. The molecule has 0 saturated heterocycles. The predicted octanol–water partition coefficient (Wildman–Crippen LogP) is 1.99. The smallest absolute Gasteiger partial charge is 0.351 e. The fourth-order valence-corrected chi connectivity index (χ4v) is 1.13. The molecule has 0 radical (unpaired) electrons. The van der Waals surface area contributed by atoms with Crippen LogP contribution in [0.25, 0.3) is 0 Å². The second-order valence-corrected chi connectivity index (χ2v) is 3.35. The Morgan fingerprint density at radius 1 is 1.43 bits per heavy atom. The highest BCUT2D eigenvalue weighted by molar-refractivity contribution is 5.79. The van der Waals surface area contributed by atoms with Crippen LogP contribution in [0.4, 0.5) is 0 Å². The summed E-state index contributed by atoms with van der Waals surface area (Å²) in [6, 6.07) is 0. The second-order valence-electron chi connectivity index (χ2n) is 3.35. The number of rotatable bonds is 5. The van der Waals surface area contributed by atoms with E-state index in [9.17, 15) is 4.79 Å². The Balaban J connectivity index is 4.63. The molecule has 80 valence electrons. The number of carbonyl (C=O) groups is 1. The molecule has 0 unspecified atom stereocenters. The molecule has 0 bridgehead atoms. The van der Waals surface area contributed by atoms with Crippen LogP contribution in [0.15, 0.2) is 0 Å². The van der Waals surface area contributed by atoms with Crippen LogP contribution in [-0.2, 0) is 14.3 Å². The standard InChI is InChI=1S/C10H17NO3/c1-5-10(6-2,13-7-11)9(12)14-8(3)4/h8H,5-6H2,1-4H3. The summed E-state index contributed by atoms with van der Waals surface area (Å²) in [7, 11) is 0. The molecule has 0 saturated carbocycles. The topological polar surface area (TPSA) is 59.3 Å². The van der Waals surface area contributed by atoms with Crippen LogP contribution in [0.3, 0.4) is 0 Å². The Hall–Kier alpha value is -1.24. The first kappa shape index (κ1) is 12.8. The molecule has 0 aromatic rings. The number of nitrogens with zero attached hydrogens (tertiary/aromatic N) is 1. The number of nitriles is 1. The first-order chi connectivity index (χ1) is 6.52. The Kier molecular flexibility index (Phi) is 5.00. The van der Waals surface area contributed by atoms with E-state index in [-0.39, 0.29) is 6.10 Å². The van der Waals surface area contributed by atoms with Gasteiger partial charge >= 0.3 is 5.97 Å². The minimum absolute atomic E-state index is 0.192. The number of hydrogen-bond acceptors (Lipinski definition) is 4. The van der Waals surface area contributed by atoms with E-state index in [2.05, 4.69) is 0 Å². The van der Waals surface area contributed by atoms with E-state index in [0.717, 1.165) is 0 Å². The summed E-state index contributed by atoms with van der Waals surface area (Å²) in [5.74, 6) is -0.459. The summed E-state index contributed by atoms with van der Waals surface area (Å²) >= 11 is 0. The SMILES string of the molecule is CCC(CC)(OC#N)C(=O)OC(C)C. The van der Waals surface area contributed by atoms with Crippen molar-refractivity contribution in [2.75, 3.05) is 0 Å². The van der Waals surface area contributed by atoms with Crippen LogP contribution >= 0.6 is 0 Å². The van der Waals surface area contributed by atoms with Crippen molar-refractivity contribution in [1.82, 2.24) is 0 Å². The number of hydrogen-bond donors (Lipinski definition) is 0. The van der Waals surface area contributed by atoms with Gasteiger partial charge in [-0.25, -0.2) is 4.79 Å². The average Bonchev–Trinajstić information content (AvgIpc) is 2.13. The maximum absolute atomic E-state index is 11.6. The largest absolute Gasteiger partial charge is 0.460 e. The lowest BCUT2D eigenvalue weighted by atomic mass is 9.97. The lowest BCUT2D eigenvalue weighted by Crippen LogP contribution is -2.41. The van der Waals surface area contributed by atoms with Gasteiger partial charge < -0.3 is 9.47 Å². The Labute approximate surface area is 84.8 Å². The van der Waals surface area contributed by atoms with Gasteiger partial charge in [0.05, 0.1) is 6.10 Å². The highest BCUT2D eigenvalue weighted by Crippen LogP contribution is 2.22. The molecule has 0 spiro atoms. The molecule has 0 aromatic carbocycles. The Morgan fingerprint density at radius 3 is 2.21 bits per heavy atom. The highest BCUT2D eigenvalue weighted by Gasteiger charge is 2.39. The second kappa shape index (κ2) is 5.48. The molecule has 0 amide bonds. The molecule has 0 N–H and O–H groups in total. The summed E-state index contributed by atoms with van der Waals surface area (Å²) in [5.41, 5.74) is -1.10. The summed E-state index contributed by atoms with van der Waals surface area (Å²) in [5, 5.41) is 8.47. The summed E-state index contributed by atoms with van der Waals surface area (Å²) in [6.07, 6.45) is 2.24. The molecular weight excluding hydrogens is 182 g/mol. The average molecular weight is 199 g/mol. The normalized spacial score (nSPS) is 10.9. The van der Waals surface area contributed by atoms with Crippen LogP contribution in [0.2, 0.25) is 0 Å². The monoisotopic (exact) mass is 199 g/mol. The number of ether oxygens (including phenoxy) is 2. The van der Waals surface area contributed by atoms with Gasteiger partial charge in [0.15, 0.2) is 0 Å². The molecule has 14 heavy (non-hydrogen) atoms. The lowest BCUT2D eigenvalue weighted by molar-refractivity contribution is -0.170. The Bertz CT molecular complexity index is 226. The van der Waals surface area contributed by atoms with Crippen LogP contribution in [0.1, 0.15) is 40.5 Å². The van der Waals surface area contributed by atoms with Crippen LogP contribution in [0.5, 0.6) is 0 Å². The molecule has 0 rings (SSSR count). The number of carbonyl (C=O) groups excluding carboxylic acids is 1. The van der Waals surface area contributed by atoms with Gasteiger partial charge in [0.2, 0.25) is 5.60 Å². The fraction of sp³-hybridized carbons (Fsp3) is 0.800. The molecule has 0 aromatic heterocycles. The first-order valence-electron chi connectivity index (χ1n) is 4.80. The third-order valence-corrected chi connectivity index (χ3v) is 2.10. The molecule has 0 heterocycles. The van der Waals surface area contributed by atoms with Crippen LogP contribution < -0.4 is 0 Å². The van der Waals surface area contributed by atoms with Crippen molar-refractivity contribution < 1.29 is 14.3 Å². The number of esters is 1. The van der Waals surface area contributed by atoms with Crippen molar-refractivity contribution >= 4 is 5.97 Å². The van der Waals surface area contributed by atoms with Gasteiger partial charge in [-0.3, -0.25) is 0 Å². The molecule has 0 aliphatic heterocycles. The fourth-order valence-electron chi connectivity index (χ4n) is 1.13. The third kappa shape index (κ3) is 2.91. The molecule has 4 nitrogen and oxygen atoms in total. The minimum Gasteiger partial charge on any atom is -0.460 e. The summed E-state index contributed by atoms with van der Waals surface area (Å²) in [4.78, 5) is 11.6. The predicted molar refractivity (Wildman–Crippen MR) is 51.2 cm³/mol. The van der Waals surface area contributed by atoms with E-state index in [1.807, 2.05) is 0 Å². The van der Waals surface area contributed by atoms with E-state index in [4.69, 9.17) is 14.7 Å². The molecule has 0 aliphatic rings. The van der Waals surface area contributed by atoms with Crippen molar-refractivity contribution in [1.29, 1.82) is 5.26 Å². The van der Waals surface area contributed by atoms with Gasteiger partial charge in [-0.15, -0.1) is 0 Å². The van der Waals surface area contributed by atoms with Gasteiger partial charge in [0.25, 0.3) is 6.26 Å². The van der Waals surface area contributed by atoms with Gasteiger partial charge in [0, 0.05) is 0 Å². The molecule has 0 fully saturated rings. The van der Waals surface area contributed by atoms with Crippen LogP contribution in [-0.4, -0.2) is 17.7 Å². The van der Waals surface area contributed by atoms with Crippen molar-refractivity contribution in [3.63, 3.8) is 0 Å². The van der Waals surface area contributed by atoms with Gasteiger partial charge in [-0.1, -0.05) is 13.8 Å². The minimum atomic E-state index is -1.10. The van der Waals surface area contributed by atoms with Crippen molar-refractivity contribution in [2.24, 2.45) is 0 Å². The first-order valence-corrected chi connectivity index (χ1v) is 4.80. The van der Waals surface area contributed by atoms with E-state index >= 15 is 0 Å². The lowest BCUT2D eigenvalue weighted by Gasteiger charge is -2.26. The van der Waals surface area contributed by atoms with E-state index in [0.29, 0.717) is 12.8 Å². The zero-order valence-corrected chi connectivity index (χ0v) is 9.16. The molecule has 0 atom stereocenters. The molecular formula is C10H17NO3. The van der Waals surface area contributed by atoms with Crippen molar-refractivity contribution in [3.05, 3.63) is 0 Å². The van der Waals surface area contributed by atoms with E-state index < -0.39 is 11.6 Å². The van der Waals surface area contributed by atoms with Crippen molar-refractivity contribution in [2.45, 2.75) is 52.2 Å². The summed E-state index contributed by atoms with van der Waals surface area (Å²) in [6.45, 7) is 7.12. The van der Waals surface area contributed by atoms with Gasteiger partial charge in [0.1, 0.15) is 0 Å². The molecule has 4 heteroatoms. The van der Waals surface area contributed by atoms with Crippen LogP contribution in [0, 0.1) is 11.5 Å². The quantitative estimate of drug-likeness (QED) is 0.502. The third-order valence-electron chi connectivity index (χ3n) is 2.10. The zero-order chi connectivity index (χ0) is 11.2. The summed E-state index contributed by atoms with van der Waals surface area (Å²) < 4.78 is 9.86. The molecule has 0 aliphatic carbocycles.